The highest BCUT2D eigenvalue weighted by molar-refractivity contribution is 7.07. The van der Waals surface area contributed by atoms with Crippen molar-refractivity contribution in [1.29, 1.82) is 0 Å². The summed E-state index contributed by atoms with van der Waals surface area (Å²) in [6, 6.07) is 31.0. The summed E-state index contributed by atoms with van der Waals surface area (Å²) in [5.74, 6) is 1.05. The first-order valence-corrected chi connectivity index (χ1v) is 15.1. The summed E-state index contributed by atoms with van der Waals surface area (Å²) < 4.78 is 13.4. The normalized spacial score (nSPS) is 14.5. The molecule has 7 nitrogen and oxygen atoms in total. The second-order valence-corrected chi connectivity index (χ2v) is 11.5. The van der Waals surface area contributed by atoms with Crippen molar-refractivity contribution >= 4 is 40.6 Å². The van der Waals surface area contributed by atoms with Gasteiger partial charge in [0, 0.05) is 16.3 Å². The lowest BCUT2D eigenvalue weighted by atomic mass is 9.95. The Morgan fingerprint density at radius 3 is 2.34 bits per heavy atom. The van der Waals surface area contributed by atoms with Crippen molar-refractivity contribution in [2.45, 2.75) is 19.6 Å². The minimum Gasteiger partial charge on any atom is -0.497 e. The standard InChI is InChI=1S/C35H28ClN3O4S/c1-22-31(33(40)38-26-9-4-3-5-10-26)32(24-14-18-27(42-2)19-15-24)39-34(41)30(44-35(39)37-22)20-23-12-16-28(17-13-23)43-21-25-8-6-7-11-29(25)36/h3-20,32H,21H2,1-2H3,(H,38,40)/b30-20+/t32-/m1/s1. The van der Waals surface area contributed by atoms with Gasteiger partial charge in [0.1, 0.15) is 18.1 Å². The Hall–Kier alpha value is -4.92. The fourth-order valence-corrected chi connectivity index (χ4v) is 6.26. The van der Waals surface area contributed by atoms with Crippen molar-refractivity contribution in [3.8, 4) is 11.5 Å². The van der Waals surface area contributed by atoms with Crippen LogP contribution >= 0.6 is 22.9 Å². The quantitative estimate of drug-likeness (QED) is 0.227. The number of amides is 1. The Labute approximate surface area is 263 Å². The van der Waals surface area contributed by atoms with E-state index in [-0.39, 0.29) is 11.5 Å². The van der Waals surface area contributed by atoms with Crippen LogP contribution in [0.3, 0.4) is 0 Å². The summed E-state index contributed by atoms with van der Waals surface area (Å²) in [5.41, 5.74) is 3.88. The maximum Gasteiger partial charge on any atom is 0.271 e. The van der Waals surface area contributed by atoms with E-state index in [1.165, 1.54) is 11.3 Å². The summed E-state index contributed by atoms with van der Waals surface area (Å²) in [6.07, 6.45) is 1.83. The molecule has 6 rings (SSSR count). The molecule has 0 spiro atoms. The van der Waals surface area contributed by atoms with Gasteiger partial charge in [0.05, 0.1) is 29.0 Å². The van der Waals surface area contributed by atoms with Crippen LogP contribution in [-0.2, 0) is 11.4 Å². The van der Waals surface area contributed by atoms with E-state index < -0.39 is 6.04 Å². The first kappa shape index (κ1) is 29.2. The van der Waals surface area contributed by atoms with Gasteiger partial charge in [-0.2, -0.15) is 0 Å². The molecule has 1 aliphatic heterocycles. The van der Waals surface area contributed by atoms with Crippen molar-refractivity contribution in [2.24, 2.45) is 4.99 Å². The predicted octanol–water partition coefficient (Wildman–Crippen LogP) is 6.11. The number of rotatable bonds is 8. The van der Waals surface area contributed by atoms with Gasteiger partial charge in [-0.05, 0) is 66.6 Å². The number of nitrogens with one attached hydrogen (secondary N) is 1. The minimum atomic E-state index is -0.677. The molecule has 1 amide bonds. The molecule has 220 valence electrons. The van der Waals surface area contributed by atoms with Crippen LogP contribution in [0.5, 0.6) is 11.5 Å². The first-order chi connectivity index (χ1) is 21.4. The zero-order chi connectivity index (χ0) is 30.6. The minimum absolute atomic E-state index is 0.230. The number of nitrogens with zero attached hydrogens (tertiary/aromatic N) is 2. The van der Waals surface area contributed by atoms with Gasteiger partial charge in [0.15, 0.2) is 4.80 Å². The van der Waals surface area contributed by atoms with E-state index in [0.29, 0.717) is 49.4 Å². The molecular formula is C35H28ClN3O4S. The molecule has 9 heteroatoms. The van der Waals surface area contributed by atoms with Gasteiger partial charge in [-0.3, -0.25) is 14.2 Å². The van der Waals surface area contributed by atoms with Crippen LogP contribution in [-0.4, -0.2) is 17.6 Å². The first-order valence-electron chi connectivity index (χ1n) is 13.9. The second-order valence-electron chi connectivity index (χ2n) is 10.1. The van der Waals surface area contributed by atoms with E-state index >= 15 is 0 Å². The molecule has 0 radical (unpaired) electrons. The number of thiazole rings is 1. The summed E-state index contributed by atoms with van der Waals surface area (Å²) in [7, 11) is 1.60. The molecule has 5 aromatic rings. The van der Waals surface area contributed by atoms with E-state index in [0.717, 1.165) is 16.7 Å². The molecule has 4 aromatic carbocycles. The molecule has 0 saturated carbocycles. The molecule has 0 fully saturated rings. The molecule has 1 atom stereocenters. The smallest absolute Gasteiger partial charge is 0.271 e. The second kappa shape index (κ2) is 12.8. The molecule has 44 heavy (non-hydrogen) atoms. The Kier molecular flexibility index (Phi) is 8.45. The number of aromatic nitrogens is 1. The third-order valence-corrected chi connectivity index (χ3v) is 8.61. The number of methoxy groups -OCH3 is 1. The van der Waals surface area contributed by atoms with Crippen molar-refractivity contribution in [3.05, 3.63) is 156 Å². The maximum atomic E-state index is 14.0. The molecular weight excluding hydrogens is 594 g/mol. The topological polar surface area (TPSA) is 81.9 Å². The van der Waals surface area contributed by atoms with E-state index in [2.05, 4.69) is 5.32 Å². The Balaban J connectivity index is 1.35. The Morgan fingerprint density at radius 2 is 1.64 bits per heavy atom. The highest BCUT2D eigenvalue weighted by atomic mass is 35.5. The summed E-state index contributed by atoms with van der Waals surface area (Å²) in [4.78, 5) is 32.9. The van der Waals surface area contributed by atoms with Crippen molar-refractivity contribution in [1.82, 2.24) is 4.57 Å². The van der Waals surface area contributed by atoms with Gasteiger partial charge in [-0.25, -0.2) is 4.99 Å². The summed E-state index contributed by atoms with van der Waals surface area (Å²) in [5, 5.41) is 3.63. The lowest BCUT2D eigenvalue weighted by Gasteiger charge is -2.25. The van der Waals surface area contributed by atoms with Gasteiger partial charge >= 0.3 is 0 Å². The average molecular weight is 622 g/mol. The Bertz CT molecular complexity index is 2030. The number of hydrogen-bond acceptors (Lipinski definition) is 6. The SMILES string of the molecule is COc1ccc([C@@H]2C(C(=O)Nc3ccccc3)=C(C)N=c3s/c(=C/c4ccc(OCc5ccccc5Cl)cc4)c(=O)n32)cc1. The maximum absolute atomic E-state index is 14.0. The number of benzene rings is 4. The lowest BCUT2D eigenvalue weighted by Crippen LogP contribution is -2.40. The van der Waals surface area contributed by atoms with Crippen LogP contribution < -0.4 is 29.7 Å². The predicted molar refractivity (Wildman–Crippen MR) is 174 cm³/mol. The van der Waals surface area contributed by atoms with E-state index in [1.807, 2.05) is 109 Å². The zero-order valence-corrected chi connectivity index (χ0v) is 25.6. The highest BCUT2D eigenvalue weighted by Gasteiger charge is 2.32. The highest BCUT2D eigenvalue weighted by Crippen LogP contribution is 2.31. The number of hydrogen-bond donors (Lipinski definition) is 1. The van der Waals surface area contributed by atoms with Crippen molar-refractivity contribution in [3.63, 3.8) is 0 Å². The van der Waals surface area contributed by atoms with Crippen LogP contribution in [0.2, 0.25) is 5.02 Å². The number of fused-ring (bicyclic) bond motifs is 1. The van der Waals surface area contributed by atoms with E-state index in [1.54, 1.807) is 18.6 Å². The van der Waals surface area contributed by atoms with Crippen molar-refractivity contribution < 1.29 is 14.3 Å². The third kappa shape index (κ3) is 6.08. The Morgan fingerprint density at radius 1 is 0.955 bits per heavy atom. The molecule has 0 saturated heterocycles. The van der Waals surface area contributed by atoms with Gasteiger partial charge < -0.3 is 14.8 Å². The molecule has 0 bridgehead atoms. The molecule has 0 aliphatic carbocycles. The summed E-state index contributed by atoms with van der Waals surface area (Å²) >= 11 is 7.53. The number of anilines is 1. The van der Waals surface area contributed by atoms with E-state index in [9.17, 15) is 9.59 Å². The van der Waals surface area contributed by atoms with E-state index in [4.69, 9.17) is 26.1 Å². The van der Waals surface area contributed by atoms with Gasteiger partial charge in [-0.1, -0.05) is 83.6 Å². The zero-order valence-electron chi connectivity index (χ0n) is 24.0. The number of carbonyl (C=O) groups is 1. The van der Waals surface area contributed by atoms with Crippen LogP contribution in [0.1, 0.15) is 29.7 Å². The molecule has 2 heterocycles. The van der Waals surface area contributed by atoms with Crippen molar-refractivity contribution in [2.75, 3.05) is 12.4 Å². The largest absolute Gasteiger partial charge is 0.497 e. The average Bonchev–Trinajstić information content (AvgIpc) is 3.34. The molecule has 1 aliphatic rings. The van der Waals surface area contributed by atoms with Crippen LogP contribution in [0.25, 0.3) is 6.08 Å². The molecule has 1 aromatic heterocycles. The number of carbonyl (C=O) groups excluding carboxylic acids is 1. The monoisotopic (exact) mass is 621 g/mol. The fraction of sp³-hybridized carbons (Fsp3) is 0.114. The summed E-state index contributed by atoms with van der Waals surface area (Å²) in [6.45, 7) is 2.15. The third-order valence-electron chi connectivity index (χ3n) is 7.26. The lowest BCUT2D eigenvalue weighted by molar-refractivity contribution is -0.113. The van der Waals surface area contributed by atoms with Gasteiger partial charge in [0.2, 0.25) is 0 Å². The van der Waals surface area contributed by atoms with Crippen LogP contribution in [0, 0.1) is 0 Å². The molecule has 0 unspecified atom stereocenters. The van der Waals surface area contributed by atoms with Crippen LogP contribution in [0.4, 0.5) is 5.69 Å². The number of allylic oxidation sites excluding steroid dienone is 1. The molecule has 1 N–H and O–H groups in total. The van der Waals surface area contributed by atoms with Gasteiger partial charge in [0.25, 0.3) is 11.5 Å². The number of ether oxygens (including phenoxy) is 2. The van der Waals surface area contributed by atoms with Crippen LogP contribution in [0.15, 0.2) is 124 Å². The van der Waals surface area contributed by atoms with Gasteiger partial charge in [-0.15, -0.1) is 0 Å². The number of para-hydroxylation sites is 1. The fourth-order valence-electron chi connectivity index (χ4n) is 5.02. The number of halogens is 1.